The Morgan fingerprint density at radius 3 is 2.57 bits per heavy atom. The van der Waals surface area contributed by atoms with E-state index in [4.69, 9.17) is 18.9 Å². The van der Waals surface area contributed by atoms with Gasteiger partial charge in [0.1, 0.15) is 12.6 Å². The van der Waals surface area contributed by atoms with Gasteiger partial charge in [-0.1, -0.05) is 13.0 Å². The van der Waals surface area contributed by atoms with Gasteiger partial charge in [0.15, 0.2) is 23.0 Å². The highest BCUT2D eigenvalue weighted by atomic mass is 127. The van der Waals surface area contributed by atoms with E-state index in [-0.39, 0.29) is 24.0 Å². The number of methoxy groups -OCH3 is 1. The number of hydrogen-bond acceptors (Lipinski definition) is 4. The molecule has 0 radical (unpaired) electrons. The maximum absolute atomic E-state index is 6.10. The molecule has 0 fully saturated rings. The van der Waals surface area contributed by atoms with Crippen LogP contribution in [-0.2, 0) is 13.0 Å². The molecule has 162 valence electrons. The number of fused-ring (bicyclic) bond motifs is 5. The molecule has 0 N–H and O–H groups in total. The van der Waals surface area contributed by atoms with Gasteiger partial charge in [0, 0.05) is 17.9 Å². The molecule has 3 atom stereocenters. The van der Waals surface area contributed by atoms with Gasteiger partial charge in [-0.05, 0) is 42.7 Å². The molecule has 0 bridgehead atoms. The molecule has 0 spiro atoms. The van der Waals surface area contributed by atoms with Crippen molar-refractivity contribution in [2.45, 2.75) is 45.2 Å². The van der Waals surface area contributed by atoms with E-state index in [9.17, 15) is 0 Å². The van der Waals surface area contributed by atoms with Crippen LogP contribution in [0.1, 0.15) is 54.5 Å². The summed E-state index contributed by atoms with van der Waals surface area (Å²) in [6.07, 6.45) is 2.13. The van der Waals surface area contributed by atoms with Crippen molar-refractivity contribution in [1.82, 2.24) is 0 Å². The minimum Gasteiger partial charge on any atom is -1.00 e. The predicted molar refractivity (Wildman–Crippen MR) is 111 cm³/mol. The summed E-state index contributed by atoms with van der Waals surface area (Å²) >= 11 is 0. The van der Waals surface area contributed by atoms with Crippen LogP contribution in [0.2, 0.25) is 0 Å². The Morgan fingerprint density at radius 2 is 1.87 bits per heavy atom. The van der Waals surface area contributed by atoms with E-state index in [1.807, 2.05) is 6.92 Å². The summed E-state index contributed by atoms with van der Waals surface area (Å²) in [6.45, 7) is 7.37. The standard InChI is InChI=1S/C24H30NO4.HI/c1-5-16-17-7-8-20(26-4)24(27-6-2)19(17)13-25(3)10-9-15-11-21-22(29-14-28-21)12-18(15)23(16)25;/h7-8,11-12,16,23H,5-6,9-10,13-14H2,1-4H3;1H/q+1;/p-1/t16-,23-,25-;/m0./s1. The second-order valence-corrected chi connectivity index (χ2v) is 8.57. The van der Waals surface area contributed by atoms with Crippen LogP contribution in [-0.4, -0.2) is 38.6 Å². The lowest BCUT2D eigenvalue weighted by Gasteiger charge is -2.52. The Balaban J connectivity index is 0.00000218. The Bertz CT molecular complexity index is 963. The number of hydrogen-bond donors (Lipinski definition) is 0. The molecule has 3 heterocycles. The molecule has 0 saturated carbocycles. The van der Waals surface area contributed by atoms with Crippen LogP contribution in [0, 0.1) is 0 Å². The van der Waals surface area contributed by atoms with E-state index >= 15 is 0 Å². The van der Waals surface area contributed by atoms with Crippen LogP contribution >= 0.6 is 0 Å². The van der Waals surface area contributed by atoms with E-state index in [2.05, 4.69) is 38.2 Å². The summed E-state index contributed by atoms with van der Waals surface area (Å²) < 4.78 is 24.1. The molecule has 3 aliphatic heterocycles. The first-order valence-corrected chi connectivity index (χ1v) is 10.7. The third-order valence-corrected chi connectivity index (χ3v) is 7.03. The summed E-state index contributed by atoms with van der Waals surface area (Å²) in [6, 6.07) is 9.21. The molecule has 0 unspecified atom stereocenters. The molecule has 2 aromatic rings. The Hall–Kier alpha value is -1.67. The number of ether oxygens (including phenoxy) is 4. The monoisotopic (exact) mass is 523 g/mol. The molecule has 6 heteroatoms. The molecule has 5 nitrogen and oxygen atoms in total. The number of likely N-dealkylation sites (N-methyl/N-ethyl adjacent to an activating group) is 1. The van der Waals surface area contributed by atoms with Crippen LogP contribution in [0.25, 0.3) is 0 Å². The van der Waals surface area contributed by atoms with Crippen LogP contribution in [0.4, 0.5) is 0 Å². The highest BCUT2D eigenvalue weighted by Gasteiger charge is 2.49. The lowest BCUT2D eigenvalue weighted by molar-refractivity contribution is -0.958. The van der Waals surface area contributed by atoms with Gasteiger partial charge in [0.05, 0.1) is 32.9 Å². The van der Waals surface area contributed by atoms with Gasteiger partial charge in [0.25, 0.3) is 0 Å². The maximum Gasteiger partial charge on any atom is 0.231 e. The maximum atomic E-state index is 6.10. The van der Waals surface area contributed by atoms with E-state index in [1.54, 1.807) is 7.11 Å². The number of benzene rings is 2. The second-order valence-electron chi connectivity index (χ2n) is 8.57. The summed E-state index contributed by atoms with van der Waals surface area (Å²) in [7, 11) is 4.13. The van der Waals surface area contributed by atoms with Crippen LogP contribution in [0.15, 0.2) is 24.3 Å². The summed E-state index contributed by atoms with van der Waals surface area (Å²) in [4.78, 5) is 0. The lowest BCUT2D eigenvalue weighted by Crippen LogP contribution is -3.00. The van der Waals surface area contributed by atoms with Crippen LogP contribution in [0.5, 0.6) is 23.0 Å². The van der Waals surface area contributed by atoms with Crippen molar-refractivity contribution >= 4 is 0 Å². The number of nitrogens with zero attached hydrogens (tertiary/aromatic N) is 1. The summed E-state index contributed by atoms with van der Waals surface area (Å²) in [5, 5.41) is 0. The quantitative estimate of drug-likeness (QED) is 0.451. The second kappa shape index (κ2) is 8.11. The van der Waals surface area contributed by atoms with Gasteiger partial charge in [-0.3, -0.25) is 0 Å². The first-order chi connectivity index (χ1) is 14.1. The van der Waals surface area contributed by atoms with Gasteiger partial charge >= 0.3 is 0 Å². The van der Waals surface area contributed by atoms with Crippen LogP contribution in [0.3, 0.4) is 0 Å². The van der Waals surface area contributed by atoms with Gasteiger partial charge in [0.2, 0.25) is 6.79 Å². The predicted octanol–water partition coefficient (Wildman–Crippen LogP) is 1.58. The lowest BCUT2D eigenvalue weighted by atomic mass is 9.73. The topological polar surface area (TPSA) is 36.9 Å². The zero-order valence-electron chi connectivity index (χ0n) is 18.2. The van der Waals surface area contributed by atoms with E-state index in [1.165, 1.54) is 22.3 Å². The molecule has 30 heavy (non-hydrogen) atoms. The van der Waals surface area contributed by atoms with Crippen molar-refractivity contribution < 1.29 is 47.4 Å². The third kappa shape index (κ3) is 3.14. The fourth-order valence-electron chi connectivity index (χ4n) is 5.74. The molecule has 2 aromatic carbocycles. The molecule has 0 aliphatic carbocycles. The van der Waals surface area contributed by atoms with Crippen LogP contribution < -0.4 is 42.9 Å². The number of halogens is 1. The van der Waals surface area contributed by atoms with Crippen molar-refractivity contribution in [3.63, 3.8) is 0 Å². The summed E-state index contributed by atoms with van der Waals surface area (Å²) in [5.74, 6) is 3.98. The highest BCUT2D eigenvalue weighted by molar-refractivity contribution is 5.55. The molecular formula is C24H30INO4. The minimum atomic E-state index is 0. The van der Waals surface area contributed by atoms with E-state index < -0.39 is 0 Å². The van der Waals surface area contributed by atoms with E-state index in [0.717, 1.165) is 53.4 Å². The third-order valence-electron chi connectivity index (χ3n) is 7.03. The molecule has 0 amide bonds. The smallest absolute Gasteiger partial charge is 0.231 e. The fourth-order valence-corrected chi connectivity index (χ4v) is 5.74. The normalized spacial score (nSPS) is 25.5. The number of quaternary nitrogens is 1. The Morgan fingerprint density at radius 1 is 1.10 bits per heavy atom. The van der Waals surface area contributed by atoms with Crippen molar-refractivity contribution in [2.75, 3.05) is 34.1 Å². The minimum absolute atomic E-state index is 0. The van der Waals surface area contributed by atoms with Crippen molar-refractivity contribution in [3.8, 4) is 23.0 Å². The Labute approximate surface area is 195 Å². The van der Waals surface area contributed by atoms with Gasteiger partial charge in [-0.2, -0.15) is 0 Å². The zero-order valence-corrected chi connectivity index (χ0v) is 20.3. The average Bonchev–Trinajstić information content (AvgIpc) is 3.18. The largest absolute Gasteiger partial charge is 1.00 e. The highest BCUT2D eigenvalue weighted by Crippen LogP contribution is 2.55. The van der Waals surface area contributed by atoms with Gasteiger partial charge in [-0.25, -0.2) is 0 Å². The molecule has 0 saturated heterocycles. The SMILES string of the molecule is CCOc1c(OC)ccc2c1C[N@+]1(C)CCc3cc4c(cc3[C@@H]1[C@H]2CC)OCO4.[I-]. The molecular weight excluding hydrogens is 493 g/mol. The molecule has 5 rings (SSSR count). The number of rotatable bonds is 4. The molecule has 3 aliphatic rings. The van der Waals surface area contributed by atoms with E-state index in [0.29, 0.717) is 25.4 Å². The first-order valence-electron chi connectivity index (χ1n) is 10.7. The first kappa shape index (κ1) is 21.6. The zero-order chi connectivity index (χ0) is 20.2. The molecule has 0 aromatic heterocycles. The fraction of sp³-hybridized carbons (Fsp3) is 0.500. The van der Waals surface area contributed by atoms with Gasteiger partial charge in [-0.15, -0.1) is 0 Å². The Kier molecular flexibility index (Phi) is 5.83. The van der Waals surface area contributed by atoms with Crippen molar-refractivity contribution in [2.24, 2.45) is 0 Å². The van der Waals surface area contributed by atoms with Gasteiger partial charge < -0.3 is 47.4 Å². The van der Waals surface area contributed by atoms with Crippen molar-refractivity contribution in [1.29, 1.82) is 0 Å². The van der Waals surface area contributed by atoms with Crippen molar-refractivity contribution in [3.05, 3.63) is 46.5 Å². The average molecular weight is 523 g/mol. The summed E-state index contributed by atoms with van der Waals surface area (Å²) in [5.41, 5.74) is 5.56.